The van der Waals surface area contributed by atoms with E-state index in [1.807, 2.05) is 12.3 Å². The molecule has 0 radical (unpaired) electrons. The minimum atomic E-state index is 0.850. The van der Waals surface area contributed by atoms with E-state index in [0.29, 0.717) is 0 Å². The summed E-state index contributed by atoms with van der Waals surface area (Å²) >= 11 is 3.61. The summed E-state index contributed by atoms with van der Waals surface area (Å²) in [7, 11) is 0. The van der Waals surface area contributed by atoms with Crippen molar-refractivity contribution in [2.45, 2.75) is 39.2 Å². The van der Waals surface area contributed by atoms with Gasteiger partial charge >= 0.3 is 0 Å². The molecule has 3 rings (SSSR count). The monoisotopic (exact) mass is 346 g/mol. The molecule has 0 bridgehead atoms. The van der Waals surface area contributed by atoms with Gasteiger partial charge in [-0.1, -0.05) is 47.8 Å². The fraction of sp³-hybridized carbons (Fsp3) is 0.500. The summed E-state index contributed by atoms with van der Waals surface area (Å²) in [6.45, 7) is 4.43. The first-order valence-electron chi connectivity index (χ1n) is 7.97. The van der Waals surface area contributed by atoms with E-state index in [9.17, 15) is 0 Å². The molecule has 21 heavy (non-hydrogen) atoms. The van der Waals surface area contributed by atoms with Gasteiger partial charge < -0.3 is 5.32 Å². The topological polar surface area (TPSA) is 24.9 Å². The van der Waals surface area contributed by atoms with Crippen LogP contribution in [0.15, 0.2) is 34.9 Å². The first-order chi connectivity index (χ1) is 10.2. The fourth-order valence-corrected chi connectivity index (χ4v) is 3.95. The second-order valence-corrected chi connectivity index (χ2v) is 7.23. The molecule has 1 saturated carbocycles. The lowest BCUT2D eigenvalue weighted by molar-refractivity contribution is 0.274. The van der Waals surface area contributed by atoms with Gasteiger partial charge in [-0.3, -0.25) is 4.98 Å². The Kier molecular flexibility index (Phi) is 4.91. The highest BCUT2D eigenvalue weighted by Gasteiger charge is 2.18. The molecule has 1 aliphatic rings. The molecular formula is C18H23BrN2. The van der Waals surface area contributed by atoms with Crippen LogP contribution >= 0.6 is 15.9 Å². The summed E-state index contributed by atoms with van der Waals surface area (Å²) in [6, 6.07) is 8.42. The van der Waals surface area contributed by atoms with Crippen molar-refractivity contribution in [1.29, 1.82) is 0 Å². The number of hydrogen-bond acceptors (Lipinski definition) is 2. The molecule has 2 nitrogen and oxygen atoms in total. The number of nitrogens with zero attached hydrogens (tertiary/aromatic N) is 1. The number of rotatable bonds is 4. The van der Waals surface area contributed by atoms with E-state index in [2.05, 4.69) is 51.4 Å². The van der Waals surface area contributed by atoms with Crippen molar-refractivity contribution in [3.05, 3.63) is 40.5 Å². The highest BCUT2D eigenvalue weighted by molar-refractivity contribution is 9.10. The molecule has 2 unspecified atom stereocenters. The standard InChI is InChI=1S/C18H23BrN2/c1-13-4-2-5-14(10-13)11-20-12-15-7-8-17(19)16-6-3-9-21-18(15)16/h3,6-9,13-14,20H,2,4-5,10-12H2,1H3. The average Bonchev–Trinajstić information content (AvgIpc) is 2.50. The Labute approximate surface area is 135 Å². The number of aromatic nitrogens is 1. The molecule has 1 heterocycles. The second kappa shape index (κ2) is 6.89. The Hall–Kier alpha value is -0.930. The quantitative estimate of drug-likeness (QED) is 0.850. The lowest BCUT2D eigenvalue weighted by Gasteiger charge is -2.26. The van der Waals surface area contributed by atoms with Crippen LogP contribution in [0.2, 0.25) is 0 Å². The second-order valence-electron chi connectivity index (χ2n) is 6.37. The third-order valence-electron chi connectivity index (χ3n) is 4.59. The Balaban J connectivity index is 1.64. The maximum Gasteiger partial charge on any atom is 0.0758 e. The Morgan fingerprint density at radius 2 is 2.19 bits per heavy atom. The lowest BCUT2D eigenvalue weighted by Crippen LogP contribution is -2.26. The van der Waals surface area contributed by atoms with Gasteiger partial charge in [0.15, 0.2) is 0 Å². The van der Waals surface area contributed by atoms with Crippen LogP contribution in [0.1, 0.15) is 38.2 Å². The fourth-order valence-electron chi connectivity index (χ4n) is 3.50. The molecule has 1 aromatic carbocycles. The van der Waals surface area contributed by atoms with Crippen LogP contribution in [0.5, 0.6) is 0 Å². The molecule has 1 fully saturated rings. The van der Waals surface area contributed by atoms with E-state index >= 15 is 0 Å². The van der Waals surface area contributed by atoms with Gasteiger partial charge in [0.25, 0.3) is 0 Å². The van der Waals surface area contributed by atoms with Crippen LogP contribution in [0.3, 0.4) is 0 Å². The van der Waals surface area contributed by atoms with Crippen LogP contribution in [-0.2, 0) is 6.54 Å². The Morgan fingerprint density at radius 1 is 1.29 bits per heavy atom. The van der Waals surface area contributed by atoms with Crippen molar-refractivity contribution in [2.24, 2.45) is 11.8 Å². The normalized spacial score (nSPS) is 22.6. The smallest absolute Gasteiger partial charge is 0.0758 e. The molecular weight excluding hydrogens is 324 g/mol. The van der Waals surface area contributed by atoms with E-state index < -0.39 is 0 Å². The average molecular weight is 347 g/mol. The first-order valence-corrected chi connectivity index (χ1v) is 8.76. The Morgan fingerprint density at radius 3 is 3.05 bits per heavy atom. The van der Waals surface area contributed by atoms with E-state index in [4.69, 9.17) is 0 Å². The third-order valence-corrected chi connectivity index (χ3v) is 5.28. The first kappa shape index (κ1) is 15.0. The number of hydrogen-bond donors (Lipinski definition) is 1. The van der Waals surface area contributed by atoms with Crippen LogP contribution < -0.4 is 5.32 Å². The maximum absolute atomic E-state index is 4.55. The number of nitrogens with one attached hydrogen (secondary N) is 1. The number of benzene rings is 1. The zero-order chi connectivity index (χ0) is 14.7. The van der Waals surface area contributed by atoms with Gasteiger partial charge in [0, 0.05) is 22.6 Å². The SMILES string of the molecule is CC1CCCC(CNCc2ccc(Br)c3cccnc23)C1. The van der Waals surface area contributed by atoms with Crippen molar-refractivity contribution < 1.29 is 0 Å². The molecule has 2 aromatic rings. The summed E-state index contributed by atoms with van der Waals surface area (Å²) < 4.78 is 1.12. The van der Waals surface area contributed by atoms with Crippen molar-refractivity contribution >= 4 is 26.8 Å². The number of pyridine rings is 1. The summed E-state index contributed by atoms with van der Waals surface area (Å²) in [5.74, 6) is 1.75. The highest BCUT2D eigenvalue weighted by atomic mass is 79.9. The minimum absolute atomic E-state index is 0.850. The maximum atomic E-state index is 4.55. The van der Waals surface area contributed by atoms with Crippen molar-refractivity contribution in [3.63, 3.8) is 0 Å². The molecule has 1 aliphatic carbocycles. The molecule has 3 heteroatoms. The number of fused-ring (bicyclic) bond motifs is 1. The molecule has 112 valence electrons. The van der Waals surface area contributed by atoms with Gasteiger partial charge in [-0.2, -0.15) is 0 Å². The zero-order valence-corrected chi connectivity index (χ0v) is 14.2. The lowest BCUT2D eigenvalue weighted by atomic mass is 9.82. The molecule has 1 N–H and O–H groups in total. The van der Waals surface area contributed by atoms with E-state index in [1.54, 1.807) is 0 Å². The minimum Gasteiger partial charge on any atom is -0.312 e. The van der Waals surface area contributed by atoms with Crippen LogP contribution in [-0.4, -0.2) is 11.5 Å². The van der Waals surface area contributed by atoms with Gasteiger partial charge in [0.2, 0.25) is 0 Å². The molecule has 0 spiro atoms. The van der Waals surface area contributed by atoms with E-state index in [-0.39, 0.29) is 0 Å². The van der Waals surface area contributed by atoms with Gasteiger partial charge in [0.1, 0.15) is 0 Å². The molecule has 2 atom stereocenters. The zero-order valence-electron chi connectivity index (χ0n) is 12.6. The predicted molar refractivity (Wildman–Crippen MR) is 92.3 cm³/mol. The summed E-state index contributed by atoms with van der Waals surface area (Å²) in [6.07, 6.45) is 7.46. The van der Waals surface area contributed by atoms with Crippen LogP contribution in [0, 0.1) is 11.8 Å². The Bertz CT molecular complexity index is 611. The van der Waals surface area contributed by atoms with Gasteiger partial charge in [-0.15, -0.1) is 0 Å². The van der Waals surface area contributed by atoms with Gasteiger partial charge in [0.05, 0.1) is 5.52 Å². The van der Waals surface area contributed by atoms with E-state index in [0.717, 1.165) is 34.9 Å². The highest BCUT2D eigenvalue weighted by Crippen LogP contribution is 2.28. The van der Waals surface area contributed by atoms with Gasteiger partial charge in [-0.05, 0) is 48.9 Å². The van der Waals surface area contributed by atoms with Crippen molar-refractivity contribution in [2.75, 3.05) is 6.54 Å². The summed E-state index contributed by atoms with van der Waals surface area (Å²) in [5.41, 5.74) is 2.40. The third kappa shape index (κ3) is 3.64. The summed E-state index contributed by atoms with van der Waals surface area (Å²) in [4.78, 5) is 4.55. The number of halogens is 1. The molecule has 0 saturated heterocycles. The largest absolute Gasteiger partial charge is 0.312 e. The van der Waals surface area contributed by atoms with Crippen LogP contribution in [0.4, 0.5) is 0 Å². The van der Waals surface area contributed by atoms with Crippen LogP contribution in [0.25, 0.3) is 10.9 Å². The van der Waals surface area contributed by atoms with Crippen molar-refractivity contribution in [3.8, 4) is 0 Å². The molecule has 0 amide bonds. The van der Waals surface area contributed by atoms with Gasteiger partial charge in [-0.25, -0.2) is 0 Å². The predicted octanol–water partition coefficient (Wildman–Crippen LogP) is 4.91. The molecule has 1 aromatic heterocycles. The molecule has 0 aliphatic heterocycles. The van der Waals surface area contributed by atoms with E-state index in [1.165, 1.54) is 36.6 Å². The van der Waals surface area contributed by atoms with Crippen molar-refractivity contribution in [1.82, 2.24) is 10.3 Å². The summed E-state index contributed by atoms with van der Waals surface area (Å²) in [5, 5.41) is 4.85.